The molecule has 1 aromatic carbocycles. The average molecular weight is 290 g/mol. The first kappa shape index (κ1) is 12.7. The maximum atomic E-state index is 13.3. The molecule has 0 atom stereocenters. The summed E-state index contributed by atoms with van der Waals surface area (Å²) in [5.41, 5.74) is 1.19. The number of hydrogen-bond donors (Lipinski definition) is 0. The van der Waals surface area contributed by atoms with E-state index < -0.39 is 0 Å². The van der Waals surface area contributed by atoms with Crippen molar-refractivity contribution in [3.05, 3.63) is 53.6 Å². The molecular weight excluding hydrogens is 281 g/mol. The predicted molar refractivity (Wildman–Crippen MR) is 72.1 cm³/mol. The molecule has 0 amide bonds. The highest BCUT2D eigenvalue weighted by atomic mass is 35.5. The van der Waals surface area contributed by atoms with Crippen LogP contribution < -0.4 is 0 Å². The number of halogens is 2. The summed E-state index contributed by atoms with van der Waals surface area (Å²) in [5, 5.41) is 0.0701. The lowest BCUT2D eigenvalue weighted by Gasteiger charge is -2.05. The zero-order chi connectivity index (χ0) is 14.1. The van der Waals surface area contributed by atoms with Gasteiger partial charge >= 0.3 is 0 Å². The Labute approximate surface area is 119 Å². The second kappa shape index (κ2) is 4.97. The number of benzene rings is 1. The summed E-state index contributed by atoms with van der Waals surface area (Å²) >= 11 is 5.92. The second-order valence-electron chi connectivity index (χ2n) is 4.16. The molecule has 3 rings (SSSR count). The Morgan fingerprint density at radius 1 is 1.20 bits per heavy atom. The lowest BCUT2D eigenvalue weighted by atomic mass is 10.1. The van der Waals surface area contributed by atoms with Gasteiger partial charge < -0.3 is 0 Å². The van der Waals surface area contributed by atoms with Crippen molar-refractivity contribution in [2.75, 3.05) is 0 Å². The first-order chi connectivity index (χ1) is 9.63. The fourth-order valence-corrected chi connectivity index (χ4v) is 1.90. The van der Waals surface area contributed by atoms with Crippen LogP contribution in [0.2, 0.25) is 5.28 Å². The second-order valence-corrected chi connectivity index (χ2v) is 4.50. The Balaban J connectivity index is 2.12. The quantitative estimate of drug-likeness (QED) is 0.728. The smallest absolute Gasteiger partial charge is 0.239 e. The van der Waals surface area contributed by atoms with E-state index in [-0.39, 0.29) is 11.1 Å². The number of hydrogen-bond acceptors (Lipinski definition) is 4. The minimum atomic E-state index is -0.274. The van der Waals surface area contributed by atoms with Gasteiger partial charge in [0.1, 0.15) is 12.1 Å². The molecule has 3 aromatic rings. The van der Waals surface area contributed by atoms with Crippen molar-refractivity contribution in [1.29, 1.82) is 0 Å². The Morgan fingerprint density at radius 2 is 2.05 bits per heavy atom. The summed E-state index contributed by atoms with van der Waals surface area (Å²) in [6, 6.07) is 4.64. The fourth-order valence-electron chi connectivity index (χ4n) is 1.75. The van der Waals surface area contributed by atoms with E-state index in [4.69, 9.17) is 11.6 Å². The summed E-state index contributed by atoms with van der Waals surface area (Å²) in [6.07, 6.45) is 4.87. The molecule has 0 spiro atoms. The van der Waals surface area contributed by atoms with Gasteiger partial charge in [-0.3, -0.25) is 4.57 Å². The van der Waals surface area contributed by atoms with Crippen LogP contribution in [0.4, 0.5) is 4.39 Å². The number of rotatable bonds is 2. The van der Waals surface area contributed by atoms with Crippen LogP contribution in [0.5, 0.6) is 0 Å². The van der Waals surface area contributed by atoms with Crippen LogP contribution in [0, 0.1) is 12.7 Å². The fraction of sp³-hybridized carbons (Fsp3) is 0.0769. The van der Waals surface area contributed by atoms with E-state index in [2.05, 4.69) is 19.9 Å². The third kappa shape index (κ3) is 2.37. The molecule has 0 N–H and O–H groups in total. The van der Waals surface area contributed by atoms with Gasteiger partial charge in [0, 0.05) is 18.0 Å². The molecule has 0 fully saturated rings. The monoisotopic (exact) mass is 289 g/mol. The minimum absolute atomic E-state index is 0.0701. The average Bonchev–Trinajstić information content (AvgIpc) is 2.95. The zero-order valence-corrected chi connectivity index (χ0v) is 11.2. The van der Waals surface area contributed by atoms with Crippen molar-refractivity contribution >= 4 is 11.6 Å². The summed E-state index contributed by atoms with van der Waals surface area (Å²) in [6.45, 7) is 1.68. The molecule has 0 saturated carbocycles. The predicted octanol–water partition coefficient (Wildman–Crippen LogP) is 2.83. The molecule has 0 aliphatic rings. The summed E-state index contributed by atoms with van der Waals surface area (Å²) < 4.78 is 14.9. The van der Waals surface area contributed by atoms with Gasteiger partial charge in [-0.05, 0) is 42.3 Å². The van der Waals surface area contributed by atoms with Gasteiger partial charge in [-0.1, -0.05) is 0 Å². The van der Waals surface area contributed by atoms with E-state index in [9.17, 15) is 4.39 Å². The molecule has 5 nitrogen and oxygen atoms in total. The normalized spacial score (nSPS) is 10.8. The Kier molecular flexibility index (Phi) is 3.15. The molecule has 2 heterocycles. The van der Waals surface area contributed by atoms with Crippen molar-refractivity contribution in [3.63, 3.8) is 0 Å². The van der Waals surface area contributed by atoms with Crippen molar-refractivity contribution in [2.24, 2.45) is 0 Å². The molecule has 100 valence electrons. The van der Waals surface area contributed by atoms with Gasteiger partial charge in [-0.25, -0.2) is 9.37 Å². The minimum Gasteiger partial charge on any atom is -0.274 e. The molecule has 0 radical (unpaired) electrons. The van der Waals surface area contributed by atoms with Gasteiger partial charge in [-0.2, -0.15) is 15.0 Å². The lowest BCUT2D eigenvalue weighted by Crippen LogP contribution is -2.03. The van der Waals surface area contributed by atoms with Crippen LogP contribution in [0.1, 0.15) is 5.56 Å². The van der Waals surface area contributed by atoms with Crippen molar-refractivity contribution in [3.8, 4) is 17.3 Å². The maximum Gasteiger partial charge on any atom is 0.239 e. The van der Waals surface area contributed by atoms with Gasteiger partial charge in [0.25, 0.3) is 0 Å². The Hall–Kier alpha value is -2.34. The highest BCUT2D eigenvalue weighted by molar-refractivity contribution is 6.28. The number of nitrogens with zero attached hydrogens (tertiary/aromatic N) is 5. The van der Waals surface area contributed by atoms with Gasteiger partial charge in [0.05, 0.1) is 0 Å². The summed E-state index contributed by atoms with van der Waals surface area (Å²) in [4.78, 5) is 16.3. The Bertz CT molecular complexity index is 757. The van der Waals surface area contributed by atoms with Crippen LogP contribution >= 0.6 is 11.6 Å². The molecule has 20 heavy (non-hydrogen) atoms. The van der Waals surface area contributed by atoms with Crippen LogP contribution in [-0.4, -0.2) is 24.5 Å². The van der Waals surface area contributed by atoms with Crippen molar-refractivity contribution < 1.29 is 4.39 Å². The first-order valence-corrected chi connectivity index (χ1v) is 6.18. The van der Waals surface area contributed by atoms with E-state index >= 15 is 0 Å². The van der Waals surface area contributed by atoms with Crippen LogP contribution in [-0.2, 0) is 0 Å². The molecule has 2 aromatic heterocycles. The molecular formula is C13H9ClFN5. The van der Waals surface area contributed by atoms with E-state index in [1.165, 1.54) is 6.07 Å². The van der Waals surface area contributed by atoms with Crippen LogP contribution in [0.15, 0.2) is 36.9 Å². The maximum absolute atomic E-state index is 13.3. The van der Waals surface area contributed by atoms with E-state index in [0.29, 0.717) is 22.9 Å². The SMILES string of the molecule is Cc1cc(-c2nc(Cl)nc(-n3ccnc3)n2)ccc1F. The number of aryl methyl sites for hydroxylation is 1. The van der Waals surface area contributed by atoms with Crippen molar-refractivity contribution in [1.82, 2.24) is 24.5 Å². The lowest BCUT2D eigenvalue weighted by molar-refractivity contribution is 0.618. The molecule has 0 unspecified atom stereocenters. The third-order valence-corrected chi connectivity index (χ3v) is 2.92. The van der Waals surface area contributed by atoms with Crippen molar-refractivity contribution in [2.45, 2.75) is 6.92 Å². The first-order valence-electron chi connectivity index (χ1n) is 5.80. The summed E-state index contributed by atoms with van der Waals surface area (Å²) in [7, 11) is 0. The summed E-state index contributed by atoms with van der Waals surface area (Å²) in [5.74, 6) is 0.472. The van der Waals surface area contributed by atoms with E-state index in [0.717, 1.165) is 0 Å². The zero-order valence-electron chi connectivity index (χ0n) is 10.5. The van der Waals surface area contributed by atoms with Crippen LogP contribution in [0.25, 0.3) is 17.3 Å². The number of imidazole rings is 1. The molecule has 0 aliphatic heterocycles. The topological polar surface area (TPSA) is 56.5 Å². The van der Waals surface area contributed by atoms with Crippen LogP contribution in [0.3, 0.4) is 0 Å². The molecule has 0 bridgehead atoms. The third-order valence-electron chi connectivity index (χ3n) is 2.75. The highest BCUT2D eigenvalue weighted by Gasteiger charge is 2.10. The number of aromatic nitrogens is 5. The van der Waals surface area contributed by atoms with E-state index in [1.807, 2.05) is 0 Å². The van der Waals surface area contributed by atoms with Gasteiger partial charge in [0.15, 0.2) is 5.82 Å². The van der Waals surface area contributed by atoms with Gasteiger partial charge in [0.2, 0.25) is 11.2 Å². The van der Waals surface area contributed by atoms with E-state index in [1.54, 1.807) is 42.3 Å². The molecule has 0 aliphatic carbocycles. The standard InChI is InChI=1S/C13H9ClFN5/c1-8-6-9(2-3-10(8)15)11-17-12(14)19-13(18-11)20-5-4-16-7-20/h2-7H,1H3. The largest absolute Gasteiger partial charge is 0.274 e. The Morgan fingerprint density at radius 3 is 2.75 bits per heavy atom. The van der Waals surface area contributed by atoms with Gasteiger partial charge in [-0.15, -0.1) is 0 Å². The molecule has 0 saturated heterocycles. The molecule has 7 heteroatoms. The highest BCUT2D eigenvalue weighted by Crippen LogP contribution is 2.20.